The van der Waals surface area contributed by atoms with Gasteiger partial charge < -0.3 is 4.90 Å². The molecule has 0 aliphatic carbocycles. The maximum absolute atomic E-state index is 6.11. The van der Waals surface area contributed by atoms with Crippen LogP contribution < -0.4 is 4.90 Å². The van der Waals surface area contributed by atoms with Crippen LogP contribution in [0.1, 0.15) is 12.0 Å². The van der Waals surface area contributed by atoms with Crippen LogP contribution in [0.15, 0.2) is 43.0 Å². The quantitative estimate of drug-likeness (QED) is 0.732. The summed E-state index contributed by atoms with van der Waals surface area (Å²) in [6.07, 6.45) is 6.61. The van der Waals surface area contributed by atoms with Crippen molar-refractivity contribution in [2.45, 2.75) is 25.0 Å². The third-order valence-corrected chi connectivity index (χ3v) is 5.33. The Hall–Kier alpha value is -2.18. The number of anilines is 1. The Kier molecular flexibility index (Phi) is 3.21. The zero-order valence-electron chi connectivity index (χ0n) is 13.1. The molecule has 122 valence electrons. The SMILES string of the molecule is Clc1cccc(CN2CC3CC2CN3c2nccn3cnnc23)c1. The summed E-state index contributed by atoms with van der Waals surface area (Å²) in [5.41, 5.74) is 2.12. The summed E-state index contributed by atoms with van der Waals surface area (Å²) in [5, 5.41) is 9.03. The van der Waals surface area contributed by atoms with Gasteiger partial charge in [0, 0.05) is 49.1 Å². The van der Waals surface area contributed by atoms with Crippen LogP contribution >= 0.6 is 11.6 Å². The third-order valence-electron chi connectivity index (χ3n) is 5.10. The first-order valence-electron chi connectivity index (χ1n) is 8.17. The van der Waals surface area contributed by atoms with E-state index in [1.165, 1.54) is 12.0 Å². The highest BCUT2D eigenvalue weighted by Gasteiger charge is 2.44. The summed E-state index contributed by atoms with van der Waals surface area (Å²) in [6, 6.07) is 9.20. The van der Waals surface area contributed by atoms with Gasteiger partial charge >= 0.3 is 0 Å². The molecule has 0 saturated carbocycles. The Labute approximate surface area is 144 Å². The minimum absolute atomic E-state index is 0.490. The molecule has 7 heteroatoms. The molecule has 0 amide bonds. The Bertz CT molecular complexity index is 893. The van der Waals surface area contributed by atoms with E-state index >= 15 is 0 Å². The second-order valence-electron chi connectivity index (χ2n) is 6.57. The number of nitrogens with zero attached hydrogens (tertiary/aromatic N) is 6. The predicted molar refractivity (Wildman–Crippen MR) is 92.2 cm³/mol. The Morgan fingerprint density at radius 2 is 2.17 bits per heavy atom. The first-order valence-corrected chi connectivity index (χ1v) is 8.55. The van der Waals surface area contributed by atoms with E-state index in [-0.39, 0.29) is 0 Å². The first kappa shape index (κ1) is 14.2. The van der Waals surface area contributed by atoms with Crippen molar-refractivity contribution in [1.82, 2.24) is 24.5 Å². The van der Waals surface area contributed by atoms with E-state index in [9.17, 15) is 0 Å². The molecular formula is C17H17ClN6. The van der Waals surface area contributed by atoms with Crippen molar-refractivity contribution in [3.05, 3.63) is 53.6 Å². The van der Waals surface area contributed by atoms with Crippen molar-refractivity contribution in [3.8, 4) is 0 Å². The van der Waals surface area contributed by atoms with E-state index in [1.54, 1.807) is 6.33 Å². The van der Waals surface area contributed by atoms with Gasteiger partial charge in [-0.15, -0.1) is 10.2 Å². The van der Waals surface area contributed by atoms with E-state index in [0.29, 0.717) is 12.1 Å². The maximum Gasteiger partial charge on any atom is 0.203 e. The lowest BCUT2D eigenvalue weighted by molar-refractivity contribution is 0.230. The molecule has 3 aromatic rings. The molecule has 2 atom stereocenters. The van der Waals surface area contributed by atoms with E-state index in [4.69, 9.17) is 11.6 Å². The number of hydrogen-bond acceptors (Lipinski definition) is 5. The lowest BCUT2D eigenvalue weighted by atomic mass is 10.2. The van der Waals surface area contributed by atoms with Gasteiger partial charge in [0.05, 0.1) is 0 Å². The molecule has 0 radical (unpaired) electrons. The molecule has 0 N–H and O–H groups in total. The lowest BCUT2D eigenvalue weighted by Crippen LogP contribution is -2.46. The van der Waals surface area contributed by atoms with Gasteiger partial charge in [0.15, 0.2) is 5.82 Å². The lowest BCUT2D eigenvalue weighted by Gasteiger charge is -2.34. The second-order valence-corrected chi connectivity index (χ2v) is 7.00. The van der Waals surface area contributed by atoms with Gasteiger partial charge in [0.2, 0.25) is 5.65 Å². The van der Waals surface area contributed by atoms with Crippen LogP contribution in [0.4, 0.5) is 5.82 Å². The van der Waals surface area contributed by atoms with Gasteiger partial charge in [0.25, 0.3) is 0 Å². The van der Waals surface area contributed by atoms with E-state index in [0.717, 1.165) is 36.1 Å². The minimum Gasteiger partial charge on any atom is -0.348 e. The molecule has 2 aromatic heterocycles. The van der Waals surface area contributed by atoms with Crippen LogP contribution in [-0.2, 0) is 6.54 Å². The molecule has 2 bridgehead atoms. The molecule has 2 fully saturated rings. The largest absolute Gasteiger partial charge is 0.348 e. The molecule has 4 heterocycles. The predicted octanol–water partition coefficient (Wildman–Crippen LogP) is 2.24. The highest BCUT2D eigenvalue weighted by atomic mass is 35.5. The van der Waals surface area contributed by atoms with Gasteiger partial charge in [-0.05, 0) is 24.1 Å². The zero-order valence-corrected chi connectivity index (χ0v) is 13.8. The summed E-state index contributed by atoms with van der Waals surface area (Å²) in [6.45, 7) is 3.00. The first-order chi connectivity index (χ1) is 11.8. The number of hydrogen-bond donors (Lipinski definition) is 0. The molecule has 2 aliphatic rings. The summed E-state index contributed by atoms with van der Waals surface area (Å²) in [5.74, 6) is 0.949. The van der Waals surface area contributed by atoms with Crippen LogP contribution in [0.25, 0.3) is 5.65 Å². The van der Waals surface area contributed by atoms with E-state index < -0.39 is 0 Å². The summed E-state index contributed by atoms with van der Waals surface area (Å²) in [4.78, 5) is 9.51. The van der Waals surface area contributed by atoms with Crippen LogP contribution in [0.2, 0.25) is 5.02 Å². The highest BCUT2D eigenvalue weighted by molar-refractivity contribution is 6.30. The Morgan fingerprint density at radius 3 is 3.00 bits per heavy atom. The van der Waals surface area contributed by atoms with Crippen LogP contribution in [0.3, 0.4) is 0 Å². The van der Waals surface area contributed by atoms with Crippen molar-refractivity contribution in [3.63, 3.8) is 0 Å². The van der Waals surface area contributed by atoms with Crippen LogP contribution in [-0.4, -0.2) is 49.7 Å². The van der Waals surface area contributed by atoms with Crippen molar-refractivity contribution in [2.24, 2.45) is 0 Å². The standard InChI is InChI=1S/C17H17ClN6/c18-13-3-1-2-12(6-13)8-23-9-15-7-14(23)10-24(15)16-17-21-20-11-22(17)5-4-19-16/h1-6,11,14-15H,7-10H2. The summed E-state index contributed by atoms with van der Waals surface area (Å²) < 4.78 is 1.93. The number of benzene rings is 1. The van der Waals surface area contributed by atoms with Crippen molar-refractivity contribution < 1.29 is 0 Å². The van der Waals surface area contributed by atoms with Crippen LogP contribution in [0, 0.1) is 0 Å². The number of rotatable bonds is 3. The second kappa shape index (κ2) is 5.43. The van der Waals surface area contributed by atoms with Gasteiger partial charge in [-0.2, -0.15) is 0 Å². The number of halogens is 1. The number of aromatic nitrogens is 4. The van der Waals surface area contributed by atoms with Gasteiger partial charge in [-0.25, -0.2) is 4.98 Å². The molecule has 5 rings (SSSR count). The fraction of sp³-hybridized carbons (Fsp3) is 0.353. The average Bonchev–Trinajstić information content (AvgIpc) is 3.29. The van der Waals surface area contributed by atoms with E-state index in [1.807, 2.05) is 28.9 Å². The number of fused-ring (bicyclic) bond motifs is 3. The van der Waals surface area contributed by atoms with Crippen molar-refractivity contribution >= 4 is 23.1 Å². The molecule has 2 saturated heterocycles. The monoisotopic (exact) mass is 340 g/mol. The molecule has 6 nitrogen and oxygen atoms in total. The molecular weight excluding hydrogens is 324 g/mol. The molecule has 2 unspecified atom stereocenters. The van der Waals surface area contributed by atoms with E-state index in [2.05, 4.69) is 37.1 Å². The molecule has 1 aromatic carbocycles. The average molecular weight is 341 g/mol. The molecule has 24 heavy (non-hydrogen) atoms. The smallest absolute Gasteiger partial charge is 0.203 e. The fourth-order valence-electron chi connectivity index (χ4n) is 4.02. The highest BCUT2D eigenvalue weighted by Crippen LogP contribution is 2.35. The topological polar surface area (TPSA) is 49.6 Å². The fourth-order valence-corrected chi connectivity index (χ4v) is 4.23. The van der Waals surface area contributed by atoms with Gasteiger partial charge in [0.1, 0.15) is 6.33 Å². The number of piperazine rings is 1. The normalized spacial score (nSPS) is 23.5. The van der Waals surface area contributed by atoms with Gasteiger partial charge in [-0.3, -0.25) is 9.30 Å². The third kappa shape index (κ3) is 2.25. The number of likely N-dealkylation sites (tertiary alicyclic amines) is 1. The van der Waals surface area contributed by atoms with Gasteiger partial charge in [-0.1, -0.05) is 23.7 Å². The summed E-state index contributed by atoms with van der Waals surface area (Å²) in [7, 11) is 0. The van der Waals surface area contributed by atoms with Crippen LogP contribution in [0.5, 0.6) is 0 Å². The summed E-state index contributed by atoms with van der Waals surface area (Å²) >= 11 is 6.11. The van der Waals surface area contributed by atoms with Crippen molar-refractivity contribution in [2.75, 3.05) is 18.0 Å². The minimum atomic E-state index is 0.490. The van der Waals surface area contributed by atoms with Crippen molar-refractivity contribution in [1.29, 1.82) is 0 Å². The molecule has 0 spiro atoms. The Balaban J connectivity index is 1.36. The molecule has 2 aliphatic heterocycles. The Morgan fingerprint density at radius 1 is 1.21 bits per heavy atom. The maximum atomic E-state index is 6.11. The zero-order chi connectivity index (χ0) is 16.1.